The van der Waals surface area contributed by atoms with Crippen molar-refractivity contribution in [2.45, 2.75) is 20.4 Å². The molecule has 4 heteroatoms. The summed E-state index contributed by atoms with van der Waals surface area (Å²) in [6.07, 6.45) is 5.26. The first-order valence-corrected chi connectivity index (χ1v) is 6.79. The third-order valence-corrected chi connectivity index (χ3v) is 2.90. The molecular formula is C16H19NO3. The molecular weight excluding hydrogens is 254 g/mol. The zero-order valence-corrected chi connectivity index (χ0v) is 11.8. The molecule has 0 amide bonds. The van der Waals surface area contributed by atoms with Gasteiger partial charge in [0.2, 0.25) is 0 Å². The van der Waals surface area contributed by atoms with E-state index in [9.17, 15) is 4.79 Å². The van der Waals surface area contributed by atoms with Crippen molar-refractivity contribution in [2.24, 2.45) is 0 Å². The number of hydrogen-bond acceptors (Lipinski definition) is 3. The third-order valence-electron chi connectivity index (χ3n) is 2.90. The van der Waals surface area contributed by atoms with Gasteiger partial charge in [-0.05, 0) is 38.1 Å². The number of carbonyl (C=O) groups is 1. The molecule has 0 saturated heterocycles. The monoisotopic (exact) mass is 273 g/mol. The van der Waals surface area contributed by atoms with Crippen molar-refractivity contribution in [2.75, 3.05) is 13.2 Å². The number of fused-ring (bicyclic) bond motifs is 1. The van der Waals surface area contributed by atoms with Crippen LogP contribution in [0.25, 0.3) is 10.9 Å². The number of allylic oxidation sites excluding steroid dienone is 1. The number of carbonyl (C=O) groups excluding carboxylic acids is 1. The van der Waals surface area contributed by atoms with Crippen LogP contribution in [0.4, 0.5) is 0 Å². The molecule has 0 aliphatic heterocycles. The van der Waals surface area contributed by atoms with Crippen molar-refractivity contribution < 1.29 is 14.3 Å². The molecule has 0 radical (unpaired) electrons. The lowest BCUT2D eigenvalue weighted by molar-refractivity contribution is -0.137. The summed E-state index contributed by atoms with van der Waals surface area (Å²) >= 11 is 0. The van der Waals surface area contributed by atoms with Crippen molar-refractivity contribution in [1.29, 1.82) is 0 Å². The van der Waals surface area contributed by atoms with Crippen molar-refractivity contribution in [3.63, 3.8) is 0 Å². The quantitative estimate of drug-likeness (QED) is 0.599. The lowest BCUT2D eigenvalue weighted by atomic mass is 10.2. The molecule has 0 bridgehead atoms. The van der Waals surface area contributed by atoms with Gasteiger partial charge < -0.3 is 14.0 Å². The highest BCUT2D eigenvalue weighted by atomic mass is 16.5. The van der Waals surface area contributed by atoms with Crippen molar-refractivity contribution in [3.05, 3.63) is 42.6 Å². The Morgan fingerprint density at radius 3 is 2.85 bits per heavy atom. The second-order valence-corrected chi connectivity index (χ2v) is 4.28. The van der Waals surface area contributed by atoms with Crippen LogP contribution in [-0.4, -0.2) is 23.8 Å². The predicted molar refractivity (Wildman–Crippen MR) is 78.9 cm³/mol. The first kappa shape index (κ1) is 14.2. The molecule has 106 valence electrons. The summed E-state index contributed by atoms with van der Waals surface area (Å²) in [6, 6.07) is 8.04. The highest BCUT2D eigenvalue weighted by molar-refractivity contribution is 5.83. The molecule has 1 aromatic heterocycles. The molecule has 0 unspecified atom stereocenters. The summed E-state index contributed by atoms with van der Waals surface area (Å²) in [6.45, 7) is 5.46. The number of esters is 1. The highest BCUT2D eigenvalue weighted by Crippen LogP contribution is 2.22. The van der Waals surface area contributed by atoms with Gasteiger partial charge in [-0.3, -0.25) is 0 Å². The Hall–Kier alpha value is -2.23. The number of benzene rings is 1. The van der Waals surface area contributed by atoms with E-state index >= 15 is 0 Å². The van der Waals surface area contributed by atoms with Gasteiger partial charge in [-0.1, -0.05) is 6.08 Å². The maximum absolute atomic E-state index is 11.2. The Morgan fingerprint density at radius 2 is 2.10 bits per heavy atom. The minimum Gasteiger partial charge on any atom is -0.494 e. The fraction of sp³-hybridized carbons (Fsp3) is 0.312. The minimum absolute atomic E-state index is 0.303. The molecule has 0 aliphatic rings. The normalized spacial score (nSPS) is 11.1. The predicted octanol–water partition coefficient (Wildman–Crippen LogP) is 3.16. The van der Waals surface area contributed by atoms with Gasteiger partial charge in [0.15, 0.2) is 0 Å². The molecule has 4 nitrogen and oxygen atoms in total. The van der Waals surface area contributed by atoms with Crippen molar-refractivity contribution in [3.8, 4) is 5.75 Å². The molecule has 0 spiro atoms. The van der Waals surface area contributed by atoms with Crippen LogP contribution in [0.5, 0.6) is 5.75 Å². The Morgan fingerprint density at radius 1 is 1.25 bits per heavy atom. The average Bonchev–Trinajstić information content (AvgIpc) is 2.82. The van der Waals surface area contributed by atoms with E-state index in [0.29, 0.717) is 19.8 Å². The van der Waals surface area contributed by atoms with Crippen molar-refractivity contribution >= 4 is 16.9 Å². The van der Waals surface area contributed by atoms with Crippen LogP contribution >= 0.6 is 0 Å². The summed E-state index contributed by atoms with van der Waals surface area (Å²) in [7, 11) is 0. The largest absolute Gasteiger partial charge is 0.494 e. The summed E-state index contributed by atoms with van der Waals surface area (Å²) in [5.41, 5.74) is 1.11. The Kier molecular flexibility index (Phi) is 4.82. The number of hydrogen-bond donors (Lipinski definition) is 0. The topological polar surface area (TPSA) is 40.5 Å². The number of ether oxygens (including phenoxy) is 2. The van der Waals surface area contributed by atoms with Gasteiger partial charge in [0.1, 0.15) is 5.75 Å². The summed E-state index contributed by atoms with van der Waals surface area (Å²) in [4.78, 5) is 11.2. The molecule has 0 atom stereocenters. The van der Waals surface area contributed by atoms with E-state index in [1.54, 1.807) is 13.0 Å². The second kappa shape index (κ2) is 6.80. The van der Waals surface area contributed by atoms with E-state index in [1.165, 1.54) is 6.08 Å². The second-order valence-electron chi connectivity index (χ2n) is 4.28. The molecule has 1 aromatic carbocycles. The van der Waals surface area contributed by atoms with Gasteiger partial charge in [-0.15, -0.1) is 0 Å². The maximum atomic E-state index is 11.2. The third kappa shape index (κ3) is 3.41. The zero-order chi connectivity index (χ0) is 14.4. The van der Waals surface area contributed by atoms with Crippen LogP contribution in [0.3, 0.4) is 0 Å². The number of aromatic nitrogens is 1. The summed E-state index contributed by atoms with van der Waals surface area (Å²) < 4.78 is 12.4. The fourth-order valence-corrected chi connectivity index (χ4v) is 2.05. The van der Waals surface area contributed by atoms with Crippen LogP contribution in [0, 0.1) is 0 Å². The van der Waals surface area contributed by atoms with Gasteiger partial charge in [-0.25, -0.2) is 4.79 Å². The van der Waals surface area contributed by atoms with Gasteiger partial charge >= 0.3 is 5.97 Å². The Labute approximate surface area is 118 Å². The first-order chi connectivity index (χ1) is 9.74. The lowest BCUT2D eigenvalue weighted by Crippen LogP contribution is -2.00. The van der Waals surface area contributed by atoms with Gasteiger partial charge in [0.05, 0.1) is 13.2 Å². The Bertz CT molecular complexity index is 613. The lowest BCUT2D eigenvalue weighted by Gasteiger charge is -2.04. The standard InChI is InChI=1S/C16H19NO3/c1-3-19-14-7-8-15-13(12-14)9-11-17(15)10-5-6-16(18)20-4-2/h5-9,11-12H,3-4,10H2,1-2H3/b6-5+. The molecule has 2 aromatic rings. The SMILES string of the molecule is CCOC(=O)/C=C/Cn1ccc2cc(OCC)ccc21. The summed E-state index contributed by atoms with van der Waals surface area (Å²) in [5, 5.41) is 1.13. The van der Waals surface area contributed by atoms with E-state index in [-0.39, 0.29) is 5.97 Å². The number of nitrogens with zero attached hydrogens (tertiary/aromatic N) is 1. The minimum atomic E-state index is -0.303. The fourth-order valence-electron chi connectivity index (χ4n) is 2.05. The van der Waals surface area contributed by atoms with E-state index in [2.05, 4.69) is 4.57 Å². The molecule has 0 saturated carbocycles. The molecule has 1 heterocycles. The molecule has 20 heavy (non-hydrogen) atoms. The maximum Gasteiger partial charge on any atom is 0.330 e. The molecule has 0 fully saturated rings. The van der Waals surface area contributed by atoms with Gasteiger partial charge in [0.25, 0.3) is 0 Å². The molecule has 0 aliphatic carbocycles. The number of rotatable bonds is 6. The van der Waals surface area contributed by atoms with Crippen LogP contribution in [0.2, 0.25) is 0 Å². The van der Waals surface area contributed by atoms with Crippen LogP contribution < -0.4 is 4.74 Å². The average molecular weight is 273 g/mol. The molecule has 2 rings (SSSR count). The van der Waals surface area contributed by atoms with E-state index < -0.39 is 0 Å². The highest BCUT2D eigenvalue weighted by Gasteiger charge is 2.02. The van der Waals surface area contributed by atoms with Crippen LogP contribution in [0.1, 0.15) is 13.8 Å². The van der Waals surface area contributed by atoms with E-state index in [4.69, 9.17) is 9.47 Å². The van der Waals surface area contributed by atoms with E-state index in [1.807, 2.05) is 37.4 Å². The first-order valence-electron chi connectivity index (χ1n) is 6.79. The smallest absolute Gasteiger partial charge is 0.330 e. The summed E-state index contributed by atoms with van der Waals surface area (Å²) in [5.74, 6) is 0.572. The van der Waals surface area contributed by atoms with Crippen LogP contribution in [0.15, 0.2) is 42.6 Å². The van der Waals surface area contributed by atoms with E-state index in [0.717, 1.165) is 16.7 Å². The van der Waals surface area contributed by atoms with Crippen LogP contribution in [-0.2, 0) is 16.1 Å². The molecule has 0 N–H and O–H groups in total. The van der Waals surface area contributed by atoms with Gasteiger partial charge in [-0.2, -0.15) is 0 Å². The van der Waals surface area contributed by atoms with Gasteiger partial charge in [0, 0.05) is 29.7 Å². The Balaban J connectivity index is 2.09. The van der Waals surface area contributed by atoms with Crippen molar-refractivity contribution in [1.82, 2.24) is 4.57 Å². The zero-order valence-electron chi connectivity index (χ0n) is 11.8.